The number of hydrogen-bond donors (Lipinski definition) is 0. The molecule has 0 aliphatic carbocycles. The van der Waals surface area contributed by atoms with Crippen LogP contribution in [0.25, 0.3) is 0 Å². The van der Waals surface area contributed by atoms with E-state index in [-0.39, 0.29) is 12.1 Å². The number of carbonyl (C=O) groups is 3. The minimum absolute atomic E-state index is 0.00732. The molecule has 2 aliphatic rings. The molecule has 1 atom stereocenters. The Balaban J connectivity index is 1.89. The monoisotopic (exact) mass is 392 g/mol. The number of amides is 3. The van der Waals surface area contributed by atoms with Gasteiger partial charge in [0.05, 0.1) is 16.3 Å². The molecule has 2 aromatic rings. The third-order valence-electron chi connectivity index (χ3n) is 5.16. The van der Waals surface area contributed by atoms with E-state index in [1.807, 2.05) is 0 Å². The van der Waals surface area contributed by atoms with Crippen molar-refractivity contribution in [2.75, 3.05) is 4.90 Å². The maximum absolute atomic E-state index is 13.4. The largest absolute Gasteiger partial charge is 0.274 e. The van der Waals surface area contributed by atoms with E-state index in [0.29, 0.717) is 22.5 Å². The Morgan fingerprint density at radius 1 is 1.10 bits per heavy atom. The van der Waals surface area contributed by atoms with Crippen LogP contribution in [0.3, 0.4) is 0 Å². The minimum atomic E-state index is -1.49. The molecule has 29 heavy (non-hydrogen) atoms. The van der Waals surface area contributed by atoms with Crippen LogP contribution in [0.2, 0.25) is 0 Å². The van der Waals surface area contributed by atoms with Gasteiger partial charge in [0, 0.05) is 43.5 Å². The molecule has 9 nitrogen and oxygen atoms in total. The number of benzene rings is 2. The van der Waals surface area contributed by atoms with Crippen LogP contribution >= 0.6 is 0 Å². The highest BCUT2D eigenvalue weighted by Crippen LogP contribution is 2.50. The molecule has 0 saturated heterocycles. The molecular weight excluding hydrogens is 376 g/mol. The van der Waals surface area contributed by atoms with E-state index in [1.54, 1.807) is 30.3 Å². The maximum atomic E-state index is 13.4. The molecule has 2 heterocycles. The summed E-state index contributed by atoms with van der Waals surface area (Å²) in [4.78, 5) is 49.7. The fraction of sp³-hybridized carbons (Fsp3) is 0.200. The second-order valence-electron chi connectivity index (χ2n) is 6.90. The van der Waals surface area contributed by atoms with Crippen molar-refractivity contribution in [2.24, 2.45) is 5.10 Å². The minimum Gasteiger partial charge on any atom is -0.274 e. The molecule has 0 fully saturated rings. The fourth-order valence-corrected chi connectivity index (χ4v) is 3.97. The first-order chi connectivity index (χ1) is 13.8. The number of nitro groups is 1. The summed E-state index contributed by atoms with van der Waals surface area (Å²) in [7, 11) is 0. The first kappa shape index (κ1) is 18.5. The summed E-state index contributed by atoms with van der Waals surface area (Å²) in [5.41, 5.74) is 0.0929. The molecule has 9 heteroatoms. The number of hydrazone groups is 1. The molecule has 0 saturated carbocycles. The van der Waals surface area contributed by atoms with Gasteiger partial charge in [-0.2, -0.15) is 5.10 Å². The van der Waals surface area contributed by atoms with E-state index in [9.17, 15) is 24.5 Å². The van der Waals surface area contributed by atoms with E-state index in [2.05, 4.69) is 5.10 Å². The number of nitro benzene ring substituents is 1. The molecule has 2 aromatic carbocycles. The number of carbonyl (C=O) groups excluding carboxylic acids is 3. The Morgan fingerprint density at radius 3 is 2.48 bits per heavy atom. The Kier molecular flexibility index (Phi) is 4.04. The number of fused-ring (bicyclic) bond motifs is 2. The number of para-hydroxylation sites is 1. The van der Waals surface area contributed by atoms with Crippen molar-refractivity contribution in [3.63, 3.8) is 0 Å². The van der Waals surface area contributed by atoms with Gasteiger partial charge in [0.2, 0.25) is 11.8 Å². The number of anilines is 1. The van der Waals surface area contributed by atoms with Crippen molar-refractivity contribution in [1.29, 1.82) is 0 Å². The quantitative estimate of drug-likeness (QED) is 0.575. The molecule has 4 rings (SSSR count). The van der Waals surface area contributed by atoms with Crippen molar-refractivity contribution >= 4 is 34.8 Å². The van der Waals surface area contributed by atoms with Crippen molar-refractivity contribution < 1.29 is 19.3 Å². The Morgan fingerprint density at radius 2 is 1.83 bits per heavy atom. The summed E-state index contributed by atoms with van der Waals surface area (Å²) >= 11 is 0. The third kappa shape index (κ3) is 2.54. The van der Waals surface area contributed by atoms with E-state index >= 15 is 0 Å². The molecule has 0 N–H and O–H groups in total. The summed E-state index contributed by atoms with van der Waals surface area (Å²) in [6.45, 7) is 2.57. The molecule has 3 amide bonds. The van der Waals surface area contributed by atoms with Gasteiger partial charge in [0.15, 0.2) is 5.54 Å². The van der Waals surface area contributed by atoms with Gasteiger partial charge in [-0.1, -0.05) is 30.3 Å². The van der Waals surface area contributed by atoms with Crippen molar-refractivity contribution in [2.45, 2.75) is 25.8 Å². The van der Waals surface area contributed by atoms with Gasteiger partial charge < -0.3 is 0 Å². The second kappa shape index (κ2) is 6.33. The lowest BCUT2D eigenvalue weighted by Gasteiger charge is -2.30. The number of hydrogen-bond acceptors (Lipinski definition) is 6. The normalized spacial score (nSPS) is 20.1. The Hall–Kier alpha value is -3.88. The van der Waals surface area contributed by atoms with Crippen LogP contribution in [-0.4, -0.2) is 33.4 Å². The molecule has 2 aliphatic heterocycles. The molecule has 0 bridgehead atoms. The predicted octanol–water partition coefficient (Wildman–Crippen LogP) is 2.34. The summed E-state index contributed by atoms with van der Waals surface area (Å²) in [5.74, 6) is -1.50. The molecule has 0 unspecified atom stereocenters. The summed E-state index contributed by atoms with van der Waals surface area (Å²) < 4.78 is 0. The summed E-state index contributed by atoms with van der Waals surface area (Å²) in [6.07, 6.45) is 0.00732. The van der Waals surface area contributed by atoms with Gasteiger partial charge in [-0.3, -0.25) is 24.5 Å². The molecular formula is C20H16N4O5. The average Bonchev–Trinajstić information content (AvgIpc) is 3.20. The molecule has 1 spiro atoms. The van der Waals surface area contributed by atoms with Crippen molar-refractivity contribution in [1.82, 2.24) is 5.01 Å². The molecule has 146 valence electrons. The maximum Gasteiger partial charge on any atom is 0.270 e. The smallest absolute Gasteiger partial charge is 0.270 e. The number of rotatable bonds is 2. The van der Waals surface area contributed by atoms with Gasteiger partial charge in [-0.15, -0.1) is 0 Å². The van der Waals surface area contributed by atoms with Crippen LogP contribution in [0.1, 0.15) is 31.4 Å². The van der Waals surface area contributed by atoms with Crippen LogP contribution in [0, 0.1) is 10.1 Å². The number of nitrogens with zero attached hydrogens (tertiary/aromatic N) is 4. The SMILES string of the molecule is CC(=O)N1C(=O)[C@]2(CC(c3cccc([N+](=O)[O-])c3)=NN2C(C)=O)c2ccccc21. The topological polar surface area (TPSA) is 113 Å². The lowest BCUT2D eigenvalue weighted by Crippen LogP contribution is -2.51. The van der Waals surface area contributed by atoms with Crippen molar-refractivity contribution in [3.05, 3.63) is 69.8 Å². The second-order valence-corrected chi connectivity index (χ2v) is 6.90. The predicted molar refractivity (Wildman–Crippen MR) is 103 cm³/mol. The summed E-state index contributed by atoms with van der Waals surface area (Å²) in [5, 5.41) is 16.6. The lowest BCUT2D eigenvalue weighted by molar-refractivity contribution is -0.384. The first-order valence-corrected chi connectivity index (χ1v) is 8.85. The van der Waals surface area contributed by atoms with E-state index in [1.165, 1.54) is 32.0 Å². The lowest BCUT2D eigenvalue weighted by atomic mass is 9.85. The molecule has 0 radical (unpaired) electrons. The van der Waals surface area contributed by atoms with Gasteiger partial charge >= 0.3 is 0 Å². The zero-order chi connectivity index (χ0) is 20.9. The van der Waals surface area contributed by atoms with Crippen LogP contribution in [0.5, 0.6) is 0 Å². The first-order valence-electron chi connectivity index (χ1n) is 8.85. The van der Waals surface area contributed by atoms with Crippen LogP contribution < -0.4 is 4.90 Å². The van der Waals surface area contributed by atoms with E-state index in [4.69, 9.17) is 0 Å². The Labute approximate surface area is 165 Å². The Bertz CT molecular complexity index is 1130. The van der Waals surface area contributed by atoms with Gasteiger partial charge in [0.25, 0.3) is 11.6 Å². The average molecular weight is 392 g/mol. The highest BCUT2D eigenvalue weighted by atomic mass is 16.6. The van der Waals surface area contributed by atoms with Crippen LogP contribution in [0.4, 0.5) is 11.4 Å². The summed E-state index contributed by atoms with van der Waals surface area (Å²) in [6, 6.07) is 12.6. The highest BCUT2D eigenvalue weighted by molar-refractivity contribution is 6.25. The van der Waals surface area contributed by atoms with Crippen molar-refractivity contribution in [3.8, 4) is 0 Å². The van der Waals surface area contributed by atoms with Gasteiger partial charge in [-0.05, 0) is 6.07 Å². The van der Waals surface area contributed by atoms with E-state index in [0.717, 1.165) is 9.91 Å². The van der Waals surface area contributed by atoms with Crippen LogP contribution in [-0.2, 0) is 19.9 Å². The standard InChI is InChI=1S/C20H16N4O5/c1-12(25)22-18-9-4-3-8-16(18)20(19(22)27)11-17(21-23(20)13(2)26)14-6-5-7-15(10-14)24(28)29/h3-10H,11H2,1-2H3/t20-/m0/s1. The number of imide groups is 1. The number of non-ortho nitro benzene ring substituents is 1. The van der Waals surface area contributed by atoms with Crippen LogP contribution in [0.15, 0.2) is 53.6 Å². The zero-order valence-corrected chi connectivity index (χ0v) is 15.7. The van der Waals surface area contributed by atoms with Gasteiger partial charge in [0.1, 0.15) is 0 Å². The third-order valence-corrected chi connectivity index (χ3v) is 5.16. The highest BCUT2D eigenvalue weighted by Gasteiger charge is 2.60. The fourth-order valence-electron chi connectivity index (χ4n) is 3.97. The van der Waals surface area contributed by atoms with Gasteiger partial charge in [-0.25, -0.2) is 9.91 Å². The van der Waals surface area contributed by atoms with E-state index < -0.39 is 28.2 Å². The zero-order valence-electron chi connectivity index (χ0n) is 15.7. The molecule has 0 aromatic heterocycles.